The number of likely N-dealkylation sites (N-methyl/N-ethyl adjacent to an activating group) is 1. The summed E-state index contributed by atoms with van der Waals surface area (Å²) in [5.41, 5.74) is 0. The van der Waals surface area contributed by atoms with Gasteiger partial charge in [-0.2, -0.15) is 0 Å². The van der Waals surface area contributed by atoms with Crippen molar-refractivity contribution in [1.82, 2.24) is 0 Å². The number of allylic oxidation sites excluding steroid dienone is 22. The highest BCUT2D eigenvalue weighted by atomic mass is 16.7. The molecule has 0 saturated heterocycles. The Morgan fingerprint density at radius 1 is 0.344 bits per heavy atom. The fourth-order valence-electron chi connectivity index (χ4n) is 10.1. The smallest absolute Gasteiger partial charge is 0.361 e. The predicted molar refractivity (Wildman–Crippen MR) is 387 cm³/mol. The van der Waals surface area contributed by atoms with Gasteiger partial charge in [0.15, 0.2) is 6.10 Å². The number of nitrogens with zero attached hydrogens (tertiary/aromatic N) is 1. The van der Waals surface area contributed by atoms with E-state index in [1.165, 1.54) is 161 Å². The molecule has 1 N–H and O–H groups in total. The van der Waals surface area contributed by atoms with Crippen molar-refractivity contribution >= 4 is 17.9 Å². The molecular formula is C81H138NO8+. The molecule has 0 amide bonds. The summed E-state index contributed by atoms with van der Waals surface area (Å²) in [7, 11) is 5.96. The first kappa shape index (κ1) is 85.4. The first-order valence-corrected chi connectivity index (χ1v) is 36.8. The van der Waals surface area contributed by atoms with E-state index in [1.807, 2.05) is 21.1 Å². The lowest BCUT2D eigenvalue weighted by Gasteiger charge is -2.25. The average Bonchev–Trinajstić information content (AvgIpc) is 3.74. The number of esters is 2. The summed E-state index contributed by atoms with van der Waals surface area (Å²) >= 11 is 0. The molecule has 0 aliphatic heterocycles. The van der Waals surface area contributed by atoms with Crippen LogP contribution in [0.5, 0.6) is 0 Å². The molecule has 9 heteroatoms. The number of ether oxygens (including phenoxy) is 4. The number of carboxylic acid groups (broad SMARTS) is 1. The lowest BCUT2D eigenvalue weighted by Crippen LogP contribution is -2.40. The van der Waals surface area contributed by atoms with Gasteiger partial charge in [0.2, 0.25) is 0 Å². The van der Waals surface area contributed by atoms with Gasteiger partial charge < -0.3 is 28.5 Å². The standard InChI is InChI=1S/C81H137NO8/c1-6-8-10-12-14-16-18-20-22-24-26-28-30-32-34-36-37-38-39-40-41-42-43-44-46-48-50-52-54-56-58-60-62-64-66-68-70-72-79(84)90-77(76-89-81(80(85)86)87-74-73-82(3,4)5)75-88-78(83)71-69-67-65-63-61-59-57-55-53-51-49-47-45-35-33-31-29-27-25-23-21-19-17-15-13-11-9-7-2/h8,10,14,16,20,22,26,28,32,34,37-38,40-41,43-44,48,50,54,56,60,62,77,81H,6-7,9,11-13,15,17-19,21,23-25,27,29-31,33,35-36,39,42,45-47,49,51-53,55,57-59,61,63-76H2,1-5H3/p+1/b10-8-,16-14-,22-20-,28-26-,34-32-,38-37-,41-40-,44-43-,50-48-,56-54-,62-60-. The quantitative estimate of drug-likeness (QED) is 0.0211. The summed E-state index contributed by atoms with van der Waals surface area (Å²) in [4.78, 5) is 37.6. The fourth-order valence-corrected chi connectivity index (χ4v) is 10.1. The molecule has 2 unspecified atom stereocenters. The monoisotopic (exact) mass is 1250 g/mol. The van der Waals surface area contributed by atoms with Crippen LogP contribution in [0.15, 0.2) is 134 Å². The third-order valence-electron chi connectivity index (χ3n) is 15.7. The molecule has 9 nitrogen and oxygen atoms in total. The molecule has 0 saturated carbocycles. The van der Waals surface area contributed by atoms with Gasteiger partial charge in [-0.15, -0.1) is 0 Å². The molecule has 0 rings (SSSR count). The predicted octanol–water partition coefficient (Wildman–Crippen LogP) is 23.3. The van der Waals surface area contributed by atoms with E-state index in [-0.39, 0.29) is 32.2 Å². The second kappa shape index (κ2) is 70.3. The van der Waals surface area contributed by atoms with Crippen molar-refractivity contribution in [2.45, 2.75) is 315 Å². The Kier molecular flexibility index (Phi) is 66.7. The highest BCUT2D eigenvalue weighted by Crippen LogP contribution is 2.18. The molecule has 2 atom stereocenters. The minimum Gasteiger partial charge on any atom is -0.477 e. The Morgan fingerprint density at radius 3 is 0.944 bits per heavy atom. The number of carbonyl (C=O) groups is 3. The van der Waals surface area contributed by atoms with E-state index in [0.717, 1.165) is 109 Å². The van der Waals surface area contributed by atoms with Crippen LogP contribution < -0.4 is 0 Å². The normalized spacial score (nSPS) is 13.5. The van der Waals surface area contributed by atoms with E-state index in [4.69, 9.17) is 18.9 Å². The van der Waals surface area contributed by atoms with Crippen LogP contribution in [-0.4, -0.2) is 87.4 Å². The molecule has 0 radical (unpaired) electrons. The number of rotatable bonds is 67. The van der Waals surface area contributed by atoms with Gasteiger partial charge >= 0.3 is 17.9 Å². The zero-order valence-corrected chi connectivity index (χ0v) is 58.8. The molecule has 0 aromatic rings. The molecule has 514 valence electrons. The Hall–Kier alpha value is -4.57. The largest absolute Gasteiger partial charge is 0.477 e. The summed E-state index contributed by atoms with van der Waals surface area (Å²) in [6.45, 7) is 4.75. The van der Waals surface area contributed by atoms with Crippen LogP contribution in [-0.2, 0) is 33.3 Å². The first-order valence-electron chi connectivity index (χ1n) is 36.8. The summed E-state index contributed by atoms with van der Waals surface area (Å²) in [6, 6.07) is 0. The van der Waals surface area contributed by atoms with Crippen LogP contribution in [0.3, 0.4) is 0 Å². The first-order chi connectivity index (χ1) is 44.1. The lowest BCUT2D eigenvalue weighted by molar-refractivity contribution is -0.870. The van der Waals surface area contributed by atoms with Gasteiger partial charge in [0.25, 0.3) is 6.29 Å². The third-order valence-corrected chi connectivity index (χ3v) is 15.7. The van der Waals surface area contributed by atoms with E-state index in [1.54, 1.807) is 0 Å². The van der Waals surface area contributed by atoms with Crippen LogP contribution >= 0.6 is 0 Å². The number of carboxylic acids is 1. The summed E-state index contributed by atoms with van der Waals surface area (Å²) in [5.74, 6) is -2.05. The molecule has 0 aliphatic carbocycles. The summed E-state index contributed by atoms with van der Waals surface area (Å²) in [6.07, 6.45) is 98.7. The van der Waals surface area contributed by atoms with Crippen LogP contribution in [0.1, 0.15) is 303 Å². The average molecular weight is 1250 g/mol. The highest BCUT2D eigenvalue weighted by molar-refractivity contribution is 5.71. The molecule has 0 fully saturated rings. The van der Waals surface area contributed by atoms with Crippen LogP contribution in [0.4, 0.5) is 0 Å². The fraction of sp³-hybridized carbons (Fsp3) is 0.691. The second-order valence-electron chi connectivity index (χ2n) is 25.5. The minimum absolute atomic E-state index is 0.175. The van der Waals surface area contributed by atoms with Crippen LogP contribution in [0.25, 0.3) is 0 Å². The van der Waals surface area contributed by atoms with Gasteiger partial charge in [-0.1, -0.05) is 327 Å². The number of quaternary nitrogens is 1. The Labute approximate surface area is 554 Å². The van der Waals surface area contributed by atoms with Gasteiger partial charge in [0.1, 0.15) is 13.2 Å². The Balaban J connectivity index is 4.21. The van der Waals surface area contributed by atoms with E-state index in [2.05, 4.69) is 148 Å². The minimum atomic E-state index is -1.53. The van der Waals surface area contributed by atoms with E-state index in [0.29, 0.717) is 23.9 Å². The second-order valence-corrected chi connectivity index (χ2v) is 25.5. The summed E-state index contributed by atoms with van der Waals surface area (Å²) < 4.78 is 22.9. The third kappa shape index (κ3) is 70.9. The highest BCUT2D eigenvalue weighted by Gasteiger charge is 2.25. The van der Waals surface area contributed by atoms with Crippen molar-refractivity contribution in [3.8, 4) is 0 Å². The van der Waals surface area contributed by atoms with Gasteiger partial charge in [-0.3, -0.25) is 9.59 Å². The van der Waals surface area contributed by atoms with Crippen molar-refractivity contribution < 1.29 is 42.9 Å². The molecule has 90 heavy (non-hydrogen) atoms. The van der Waals surface area contributed by atoms with E-state index in [9.17, 15) is 19.5 Å². The van der Waals surface area contributed by atoms with Crippen molar-refractivity contribution in [3.63, 3.8) is 0 Å². The molecule has 0 aromatic carbocycles. The Bertz CT molecular complexity index is 1940. The number of carbonyl (C=O) groups excluding carboxylic acids is 2. The number of aliphatic carboxylic acids is 1. The summed E-state index contributed by atoms with van der Waals surface area (Å²) in [5, 5.41) is 9.75. The zero-order chi connectivity index (χ0) is 65.4. The van der Waals surface area contributed by atoms with Crippen molar-refractivity contribution in [2.75, 3.05) is 47.5 Å². The van der Waals surface area contributed by atoms with Crippen molar-refractivity contribution in [3.05, 3.63) is 134 Å². The van der Waals surface area contributed by atoms with Crippen molar-refractivity contribution in [1.29, 1.82) is 0 Å². The SMILES string of the molecule is CC/C=C\C/C=C\C/C=C\C/C=C\C/C=C\C/C=C\C/C=C\C/C=C\C/C=C\C/C=C\C/C=C\CCCCCC(=O)OC(COC(=O)CCCCCCCCCCCCCCCCCCCCCCCCCCCCCC)COC(OCC[N+](C)(C)C)C(=O)O. The lowest BCUT2D eigenvalue weighted by atomic mass is 10.0. The number of hydrogen-bond donors (Lipinski definition) is 1. The molecule has 0 aliphatic rings. The number of unbranched alkanes of at least 4 members (excludes halogenated alkanes) is 30. The van der Waals surface area contributed by atoms with Gasteiger partial charge in [0.05, 0.1) is 34.4 Å². The van der Waals surface area contributed by atoms with Gasteiger partial charge in [-0.05, 0) is 96.3 Å². The number of hydrogen-bond acceptors (Lipinski definition) is 7. The molecule has 0 bridgehead atoms. The van der Waals surface area contributed by atoms with Crippen LogP contribution in [0, 0.1) is 0 Å². The maximum absolute atomic E-state index is 12.9. The maximum atomic E-state index is 12.9. The zero-order valence-electron chi connectivity index (χ0n) is 58.8. The topological polar surface area (TPSA) is 108 Å². The molecule has 0 aromatic heterocycles. The van der Waals surface area contributed by atoms with Crippen molar-refractivity contribution in [2.24, 2.45) is 0 Å². The molecule has 0 heterocycles. The van der Waals surface area contributed by atoms with E-state index < -0.39 is 24.3 Å². The van der Waals surface area contributed by atoms with E-state index >= 15 is 0 Å². The molecule has 0 spiro atoms. The molecular weight excluding hydrogens is 1110 g/mol. The maximum Gasteiger partial charge on any atom is 0.361 e. The Morgan fingerprint density at radius 2 is 0.633 bits per heavy atom. The van der Waals surface area contributed by atoms with Gasteiger partial charge in [0, 0.05) is 12.8 Å². The van der Waals surface area contributed by atoms with Crippen LogP contribution in [0.2, 0.25) is 0 Å². The van der Waals surface area contributed by atoms with Gasteiger partial charge in [-0.25, -0.2) is 4.79 Å².